The zero-order chi connectivity index (χ0) is 24.9. The lowest BCUT2D eigenvalue weighted by Crippen LogP contribution is -2.13. The highest BCUT2D eigenvalue weighted by atomic mass is 19.1. The van der Waals surface area contributed by atoms with Crippen LogP contribution >= 0.6 is 0 Å². The number of halogens is 1. The second-order valence-electron chi connectivity index (χ2n) is 8.24. The quantitative estimate of drug-likeness (QED) is 0.319. The summed E-state index contributed by atoms with van der Waals surface area (Å²) in [5.74, 6) is -1.29. The lowest BCUT2D eigenvalue weighted by atomic mass is 9.99. The highest BCUT2D eigenvalue weighted by Crippen LogP contribution is 2.29. The molecule has 0 bridgehead atoms. The van der Waals surface area contributed by atoms with Crippen molar-refractivity contribution in [1.82, 2.24) is 5.16 Å². The number of nitrogens with zero attached hydrogens (tertiary/aromatic N) is 1. The molecule has 1 atom stereocenters. The molecule has 35 heavy (non-hydrogen) atoms. The van der Waals surface area contributed by atoms with Crippen LogP contribution in [0.25, 0.3) is 22.4 Å². The van der Waals surface area contributed by atoms with E-state index in [4.69, 9.17) is 14.4 Å². The van der Waals surface area contributed by atoms with Gasteiger partial charge < -0.3 is 14.4 Å². The second-order valence-corrected chi connectivity index (χ2v) is 8.24. The summed E-state index contributed by atoms with van der Waals surface area (Å²) in [6.07, 6.45) is -0.806. The van der Waals surface area contributed by atoms with Gasteiger partial charge in [0.05, 0.1) is 12.8 Å². The molecule has 0 aliphatic heterocycles. The first kappa shape index (κ1) is 23.9. The third-order valence-corrected chi connectivity index (χ3v) is 5.76. The van der Waals surface area contributed by atoms with Gasteiger partial charge in [-0.3, -0.25) is 9.59 Å². The predicted molar refractivity (Wildman–Crippen MR) is 128 cm³/mol. The Morgan fingerprint density at radius 3 is 2.17 bits per heavy atom. The molecule has 0 aliphatic carbocycles. The van der Waals surface area contributed by atoms with E-state index in [2.05, 4.69) is 5.16 Å². The van der Waals surface area contributed by atoms with Crippen LogP contribution in [0.3, 0.4) is 0 Å². The number of benzene rings is 3. The summed E-state index contributed by atoms with van der Waals surface area (Å²) in [6.45, 7) is 3.36. The van der Waals surface area contributed by atoms with Crippen molar-refractivity contribution in [2.75, 3.05) is 0 Å². The molecule has 6 nitrogen and oxygen atoms in total. The summed E-state index contributed by atoms with van der Waals surface area (Å²) >= 11 is 0. The van der Waals surface area contributed by atoms with Crippen molar-refractivity contribution < 1.29 is 28.3 Å². The molecule has 0 amide bonds. The maximum absolute atomic E-state index is 14.0. The van der Waals surface area contributed by atoms with Crippen molar-refractivity contribution in [3.8, 4) is 22.4 Å². The van der Waals surface area contributed by atoms with E-state index in [1.165, 1.54) is 6.07 Å². The molecular weight excluding hydrogens is 449 g/mol. The summed E-state index contributed by atoms with van der Waals surface area (Å²) in [6, 6.07) is 21.2. The fourth-order valence-corrected chi connectivity index (χ4v) is 3.89. The maximum atomic E-state index is 14.0. The van der Waals surface area contributed by atoms with E-state index < -0.39 is 23.9 Å². The molecule has 0 saturated carbocycles. The number of aliphatic carboxylic acids is 1. The van der Waals surface area contributed by atoms with Crippen LogP contribution in [0.2, 0.25) is 0 Å². The molecule has 0 fully saturated rings. The molecular formula is C28H24FNO5. The number of carbonyl (C=O) groups is 2. The third kappa shape index (κ3) is 5.63. The Kier molecular flexibility index (Phi) is 7.06. The molecule has 0 saturated heterocycles. The van der Waals surface area contributed by atoms with Crippen LogP contribution in [0.1, 0.15) is 35.5 Å². The molecule has 178 valence electrons. The number of hydrogen-bond acceptors (Lipinski definition) is 5. The first-order chi connectivity index (χ1) is 16.8. The number of carbonyl (C=O) groups excluding carboxylic acids is 1. The number of aromatic nitrogens is 1. The number of hydrogen-bond donors (Lipinski definition) is 1. The lowest BCUT2D eigenvalue weighted by molar-refractivity contribution is -0.147. The highest BCUT2D eigenvalue weighted by molar-refractivity contribution is 5.78. The number of carboxylic acid groups (broad SMARTS) is 1. The number of carboxylic acids is 1. The molecule has 7 heteroatoms. The van der Waals surface area contributed by atoms with Gasteiger partial charge in [-0.15, -0.1) is 0 Å². The maximum Gasteiger partial charge on any atom is 0.311 e. The van der Waals surface area contributed by atoms with Crippen LogP contribution in [-0.2, 0) is 27.2 Å². The van der Waals surface area contributed by atoms with Crippen molar-refractivity contribution >= 4 is 11.9 Å². The number of aryl methyl sites for hydroxylation is 1. The average molecular weight is 474 g/mol. The van der Waals surface area contributed by atoms with Gasteiger partial charge in [-0.25, -0.2) is 4.39 Å². The predicted octanol–water partition coefficient (Wildman–Crippen LogP) is 5.93. The van der Waals surface area contributed by atoms with E-state index in [0.29, 0.717) is 22.6 Å². The van der Waals surface area contributed by atoms with Crippen molar-refractivity contribution in [1.29, 1.82) is 0 Å². The van der Waals surface area contributed by atoms with Crippen LogP contribution in [0.15, 0.2) is 77.3 Å². The molecule has 1 heterocycles. The van der Waals surface area contributed by atoms with Crippen LogP contribution in [-0.4, -0.2) is 22.2 Å². The number of esters is 1. The van der Waals surface area contributed by atoms with Gasteiger partial charge in [-0.2, -0.15) is 0 Å². The Balaban J connectivity index is 1.48. The van der Waals surface area contributed by atoms with E-state index in [0.717, 1.165) is 22.3 Å². The Bertz CT molecular complexity index is 1340. The van der Waals surface area contributed by atoms with E-state index in [1.54, 1.807) is 44.2 Å². The zero-order valence-corrected chi connectivity index (χ0v) is 19.3. The SMILES string of the molecule is Cc1onc(-c2ccc(-c3ccc(CC(=O)O)cc3)cc2)c1CC(=O)O[C@H](C)c1ccccc1F. The summed E-state index contributed by atoms with van der Waals surface area (Å²) in [4.78, 5) is 23.5. The van der Waals surface area contributed by atoms with Crippen molar-refractivity contribution in [2.24, 2.45) is 0 Å². The van der Waals surface area contributed by atoms with E-state index in [-0.39, 0.29) is 12.8 Å². The van der Waals surface area contributed by atoms with E-state index in [1.807, 2.05) is 36.4 Å². The topological polar surface area (TPSA) is 89.6 Å². The Labute approximate surface area is 202 Å². The van der Waals surface area contributed by atoms with Crippen molar-refractivity contribution in [3.63, 3.8) is 0 Å². The van der Waals surface area contributed by atoms with Gasteiger partial charge in [0.1, 0.15) is 23.4 Å². The normalized spacial score (nSPS) is 11.7. The fourth-order valence-electron chi connectivity index (χ4n) is 3.89. The minimum absolute atomic E-state index is 0.0188. The first-order valence-electron chi connectivity index (χ1n) is 11.1. The molecule has 4 rings (SSSR count). The summed E-state index contributed by atoms with van der Waals surface area (Å²) in [7, 11) is 0. The van der Waals surface area contributed by atoms with Gasteiger partial charge in [0.2, 0.25) is 0 Å². The molecule has 3 aromatic carbocycles. The third-order valence-electron chi connectivity index (χ3n) is 5.76. The Morgan fingerprint density at radius 2 is 1.54 bits per heavy atom. The summed E-state index contributed by atoms with van der Waals surface area (Å²) in [5, 5.41) is 13.1. The van der Waals surface area contributed by atoms with Gasteiger partial charge in [-0.05, 0) is 36.6 Å². The van der Waals surface area contributed by atoms with Gasteiger partial charge in [0.25, 0.3) is 0 Å². The molecule has 1 N–H and O–H groups in total. The number of ether oxygens (including phenoxy) is 1. The molecule has 1 aromatic heterocycles. The minimum Gasteiger partial charge on any atom is -0.481 e. The molecule has 0 unspecified atom stereocenters. The lowest BCUT2D eigenvalue weighted by Gasteiger charge is -2.14. The van der Waals surface area contributed by atoms with Gasteiger partial charge in [0.15, 0.2) is 0 Å². The van der Waals surface area contributed by atoms with Gasteiger partial charge in [0, 0.05) is 16.7 Å². The Hall–Kier alpha value is -4.26. The van der Waals surface area contributed by atoms with Gasteiger partial charge >= 0.3 is 11.9 Å². The second kappa shape index (κ2) is 10.3. The van der Waals surface area contributed by atoms with Crippen LogP contribution in [0.4, 0.5) is 4.39 Å². The highest BCUT2D eigenvalue weighted by Gasteiger charge is 2.21. The molecule has 0 spiro atoms. The standard InChI is InChI=1S/C28H24FNO5/c1-17(23-5-3-4-6-25(23)29)34-27(33)16-24-18(2)35-30-28(24)22-13-11-21(12-14-22)20-9-7-19(8-10-20)15-26(31)32/h3-14,17H,15-16H2,1-2H3,(H,31,32)/t17-/m1/s1. The summed E-state index contributed by atoms with van der Waals surface area (Å²) < 4.78 is 24.8. The first-order valence-corrected chi connectivity index (χ1v) is 11.1. The molecule has 4 aromatic rings. The molecule has 0 radical (unpaired) electrons. The Morgan fingerprint density at radius 1 is 0.943 bits per heavy atom. The minimum atomic E-state index is -0.869. The van der Waals surface area contributed by atoms with Crippen molar-refractivity contribution in [3.05, 3.63) is 101 Å². The van der Waals surface area contributed by atoms with E-state index >= 15 is 0 Å². The molecule has 0 aliphatic rings. The monoisotopic (exact) mass is 473 g/mol. The summed E-state index contributed by atoms with van der Waals surface area (Å²) in [5.41, 5.74) is 4.89. The largest absolute Gasteiger partial charge is 0.481 e. The zero-order valence-electron chi connectivity index (χ0n) is 19.3. The van der Waals surface area contributed by atoms with Gasteiger partial charge in [-0.1, -0.05) is 71.9 Å². The van der Waals surface area contributed by atoms with Crippen LogP contribution in [0.5, 0.6) is 0 Å². The van der Waals surface area contributed by atoms with Crippen LogP contribution in [0, 0.1) is 12.7 Å². The van der Waals surface area contributed by atoms with Crippen molar-refractivity contribution in [2.45, 2.75) is 32.8 Å². The number of rotatable bonds is 8. The van der Waals surface area contributed by atoms with E-state index in [9.17, 15) is 14.0 Å². The fraction of sp³-hybridized carbons (Fsp3) is 0.179. The average Bonchev–Trinajstić information content (AvgIpc) is 3.19. The van der Waals surface area contributed by atoms with Crippen LogP contribution < -0.4 is 0 Å². The smallest absolute Gasteiger partial charge is 0.311 e.